The maximum atomic E-state index is 12.4. The molecule has 3 nitrogen and oxygen atoms in total. The van der Waals surface area contributed by atoms with Gasteiger partial charge in [0.1, 0.15) is 5.03 Å². The third-order valence-corrected chi connectivity index (χ3v) is 5.54. The van der Waals surface area contributed by atoms with E-state index in [4.69, 9.17) is 4.98 Å². The Morgan fingerprint density at radius 1 is 1.35 bits per heavy atom. The highest BCUT2D eigenvalue weighted by Crippen LogP contribution is 2.26. The number of nitrogens with zero attached hydrogens (tertiary/aromatic N) is 2. The molecule has 0 spiro atoms. The Labute approximate surface area is 142 Å². The topological polar surface area (TPSA) is 33.2 Å². The number of hydrogen-bond acceptors (Lipinski definition) is 3. The van der Waals surface area contributed by atoms with Gasteiger partial charge in [-0.3, -0.25) is 4.79 Å². The van der Waals surface area contributed by atoms with E-state index in [0.29, 0.717) is 11.7 Å². The summed E-state index contributed by atoms with van der Waals surface area (Å²) in [7, 11) is 0. The standard InChI is InChI=1S/C19H24N2OS/c1-13-6-7-16-10-15(3)19(20-17(16)9-13)23-12-18(22)21-8-4-5-14(2)11-21/h6-7,9-10,14H,4-5,8,11-12H2,1-3H3/t14-/m0/s1. The van der Waals surface area contributed by atoms with Crippen molar-refractivity contribution in [3.63, 3.8) is 0 Å². The molecule has 2 aromatic rings. The van der Waals surface area contributed by atoms with E-state index in [-0.39, 0.29) is 5.91 Å². The van der Waals surface area contributed by atoms with E-state index < -0.39 is 0 Å². The van der Waals surface area contributed by atoms with Crippen molar-refractivity contribution in [3.8, 4) is 0 Å². The Morgan fingerprint density at radius 3 is 2.96 bits per heavy atom. The number of pyridine rings is 1. The van der Waals surface area contributed by atoms with E-state index >= 15 is 0 Å². The number of amides is 1. The van der Waals surface area contributed by atoms with Crippen molar-refractivity contribution >= 4 is 28.6 Å². The summed E-state index contributed by atoms with van der Waals surface area (Å²) >= 11 is 1.57. The molecule has 0 saturated carbocycles. The summed E-state index contributed by atoms with van der Waals surface area (Å²) in [6.07, 6.45) is 2.37. The molecule has 3 rings (SSSR count). The Morgan fingerprint density at radius 2 is 2.17 bits per heavy atom. The van der Waals surface area contributed by atoms with Crippen molar-refractivity contribution in [2.45, 2.75) is 38.6 Å². The van der Waals surface area contributed by atoms with Crippen molar-refractivity contribution in [1.29, 1.82) is 0 Å². The molecule has 1 atom stereocenters. The van der Waals surface area contributed by atoms with Crippen LogP contribution >= 0.6 is 11.8 Å². The van der Waals surface area contributed by atoms with Crippen LogP contribution < -0.4 is 0 Å². The molecule has 122 valence electrons. The fraction of sp³-hybridized carbons (Fsp3) is 0.474. The lowest BCUT2D eigenvalue weighted by Crippen LogP contribution is -2.40. The van der Waals surface area contributed by atoms with E-state index in [9.17, 15) is 4.79 Å². The van der Waals surface area contributed by atoms with Gasteiger partial charge in [0, 0.05) is 18.5 Å². The molecule has 1 aliphatic rings. The normalized spacial score (nSPS) is 18.4. The average molecular weight is 328 g/mol. The molecule has 0 N–H and O–H groups in total. The lowest BCUT2D eigenvalue weighted by Gasteiger charge is -2.30. The zero-order chi connectivity index (χ0) is 16.4. The van der Waals surface area contributed by atoms with Crippen LogP contribution in [0.2, 0.25) is 0 Å². The second-order valence-corrected chi connectivity index (χ2v) is 7.65. The number of carbonyl (C=O) groups excluding carboxylic acids is 1. The SMILES string of the molecule is Cc1ccc2cc(C)c(SCC(=O)N3CCC[C@H](C)C3)nc2c1. The van der Waals surface area contributed by atoms with Gasteiger partial charge in [-0.15, -0.1) is 0 Å². The van der Waals surface area contributed by atoms with Gasteiger partial charge in [0.25, 0.3) is 0 Å². The number of benzene rings is 1. The fourth-order valence-electron chi connectivity index (χ4n) is 3.15. The summed E-state index contributed by atoms with van der Waals surface area (Å²) in [4.78, 5) is 19.2. The molecular formula is C19H24N2OS. The summed E-state index contributed by atoms with van der Waals surface area (Å²) in [6.45, 7) is 8.19. The van der Waals surface area contributed by atoms with Crippen molar-refractivity contribution in [2.24, 2.45) is 5.92 Å². The highest BCUT2D eigenvalue weighted by Gasteiger charge is 2.21. The van der Waals surface area contributed by atoms with E-state index in [1.165, 1.54) is 12.0 Å². The van der Waals surface area contributed by atoms with Gasteiger partial charge in [-0.1, -0.05) is 30.8 Å². The number of rotatable bonds is 3. The summed E-state index contributed by atoms with van der Waals surface area (Å²) in [5.74, 6) is 1.35. The molecule has 4 heteroatoms. The number of fused-ring (bicyclic) bond motifs is 1. The highest BCUT2D eigenvalue weighted by molar-refractivity contribution is 7.99. The molecule has 0 radical (unpaired) electrons. The van der Waals surface area contributed by atoms with Gasteiger partial charge >= 0.3 is 0 Å². The number of aromatic nitrogens is 1. The second-order valence-electron chi connectivity index (χ2n) is 6.68. The van der Waals surface area contributed by atoms with Crippen molar-refractivity contribution in [1.82, 2.24) is 9.88 Å². The lowest BCUT2D eigenvalue weighted by molar-refractivity contribution is -0.130. The summed E-state index contributed by atoms with van der Waals surface area (Å²) in [6, 6.07) is 8.49. The number of hydrogen-bond donors (Lipinski definition) is 0. The molecule has 1 aliphatic heterocycles. The monoisotopic (exact) mass is 328 g/mol. The first kappa shape index (κ1) is 16.3. The minimum atomic E-state index is 0.243. The summed E-state index contributed by atoms with van der Waals surface area (Å²) in [5.41, 5.74) is 3.37. The fourth-order valence-corrected chi connectivity index (χ4v) is 4.04. The number of likely N-dealkylation sites (tertiary alicyclic amines) is 1. The largest absolute Gasteiger partial charge is 0.342 e. The van der Waals surface area contributed by atoms with Crippen molar-refractivity contribution < 1.29 is 4.79 Å². The van der Waals surface area contributed by atoms with Gasteiger partial charge in [0.15, 0.2) is 0 Å². The molecule has 1 amide bonds. The molecule has 1 fully saturated rings. The summed E-state index contributed by atoms with van der Waals surface area (Å²) < 4.78 is 0. The quantitative estimate of drug-likeness (QED) is 0.792. The molecule has 0 aliphatic carbocycles. The minimum absolute atomic E-state index is 0.243. The van der Waals surface area contributed by atoms with Crippen molar-refractivity contribution in [2.75, 3.05) is 18.8 Å². The molecule has 1 aromatic carbocycles. The van der Waals surface area contributed by atoms with Gasteiger partial charge in [-0.2, -0.15) is 0 Å². The first-order valence-corrected chi connectivity index (χ1v) is 9.30. The number of carbonyl (C=O) groups is 1. The van der Waals surface area contributed by atoms with Crippen LogP contribution in [0.3, 0.4) is 0 Å². The molecule has 0 unspecified atom stereocenters. The Bertz CT molecular complexity index is 729. The minimum Gasteiger partial charge on any atom is -0.342 e. The predicted octanol–water partition coefficient (Wildman–Crippen LogP) is 4.20. The molecule has 1 aromatic heterocycles. The van der Waals surface area contributed by atoms with Gasteiger partial charge in [-0.25, -0.2) is 4.98 Å². The zero-order valence-electron chi connectivity index (χ0n) is 14.1. The Kier molecular flexibility index (Phi) is 4.90. The first-order valence-electron chi connectivity index (χ1n) is 8.31. The predicted molar refractivity (Wildman–Crippen MR) is 96.9 cm³/mol. The van der Waals surface area contributed by atoms with Gasteiger partial charge in [-0.05, 0) is 55.9 Å². The number of thioether (sulfide) groups is 1. The van der Waals surface area contributed by atoms with Crippen LogP contribution in [0.4, 0.5) is 0 Å². The third kappa shape index (κ3) is 3.86. The maximum absolute atomic E-state index is 12.4. The number of aryl methyl sites for hydroxylation is 2. The van der Waals surface area contributed by atoms with Crippen LogP contribution in [0, 0.1) is 19.8 Å². The molecular weight excluding hydrogens is 304 g/mol. The van der Waals surface area contributed by atoms with E-state index in [2.05, 4.69) is 45.0 Å². The molecule has 0 bridgehead atoms. The lowest BCUT2D eigenvalue weighted by atomic mass is 10.0. The van der Waals surface area contributed by atoms with Crippen LogP contribution in [-0.4, -0.2) is 34.6 Å². The van der Waals surface area contributed by atoms with Crippen LogP contribution in [0.15, 0.2) is 29.3 Å². The molecule has 23 heavy (non-hydrogen) atoms. The zero-order valence-corrected chi connectivity index (χ0v) is 14.9. The Balaban J connectivity index is 1.71. The van der Waals surface area contributed by atoms with Gasteiger partial charge < -0.3 is 4.90 Å². The summed E-state index contributed by atoms with van der Waals surface area (Å²) in [5, 5.41) is 2.13. The molecule has 2 heterocycles. The van der Waals surface area contributed by atoms with Crippen LogP contribution in [-0.2, 0) is 4.79 Å². The molecule has 1 saturated heterocycles. The maximum Gasteiger partial charge on any atom is 0.232 e. The van der Waals surface area contributed by atoms with E-state index in [0.717, 1.165) is 41.0 Å². The Hall–Kier alpha value is -1.55. The van der Waals surface area contributed by atoms with E-state index in [1.54, 1.807) is 11.8 Å². The third-order valence-electron chi connectivity index (χ3n) is 4.46. The number of piperidine rings is 1. The van der Waals surface area contributed by atoms with Crippen LogP contribution in [0.1, 0.15) is 30.9 Å². The second kappa shape index (κ2) is 6.91. The smallest absolute Gasteiger partial charge is 0.232 e. The van der Waals surface area contributed by atoms with Gasteiger partial charge in [0.05, 0.1) is 11.3 Å². The average Bonchev–Trinajstić information content (AvgIpc) is 2.53. The van der Waals surface area contributed by atoms with Crippen molar-refractivity contribution in [3.05, 3.63) is 35.4 Å². The highest BCUT2D eigenvalue weighted by atomic mass is 32.2. The first-order chi connectivity index (χ1) is 11.0. The van der Waals surface area contributed by atoms with E-state index in [1.807, 2.05) is 4.90 Å². The van der Waals surface area contributed by atoms with Crippen LogP contribution in [0.5, 0.6) is 0 Å². The van der Waals surface area contributed by atoms with Gasteiger partial charge in [0.2, 0.25) is 5.91 Å². The van der Waals surface area contributed by atoms with Crippen LogP contribution in [0.25, 0.3) is 10.9 Å².